The molecule has 90 valence electrons. The van der Waals surface area contributed by atoms with Gasteiger partial charge in [-0.2, -0.15) is 0 Å². The van der Waals surface area contributed by atoms with Crippen LogP contribution in [0.2, 0.25) is 0 Å². The molecule has 0 fully saturated rings. The van der Waals surface area contributed by atoms with Crippen LogP contribution in [-0.4, -0.2) is 11.5 Å². The molecule has 0 spiro atoms. The molecule has 0 aliphatic carbocycles. The second kappa shape index (κ2) is 6.49. The third-order valence-corrected chi connectivity index (χ3v) is 3.40. The summed E-state index contributed by atoms with van der Waals surface area (Å²) in [4.78, 5) is 4.22. The average molecular weight is 247 g/mol. The maximum atomic E-state index is 6.10. The fourth-order valence-corrected chi connectivity index (χ4v) is 2.25. The Morgan fingerprint density at radius 2 is 2.12 bits per heavy atom. The third kappa shape index (κ3) is 3.93. The zero-order valence-electron chi connectivity index (χ0n) is 9.67. The standard InChI is InChI=1S/C13H17N3S/c14-12(11-4-2-1-3-5-11)6-7-15-10-13-16-8-9-17-13/h1-5,8-9,12,15H,6-7,10,14H2. The van der Waals surface area contributed by atoms with Crippen LogP contribution >= 0.6 is 11.3 Å². The summed E-state index contributed by atoms with van der Waals surface area (Å²) in [7, 11) is 0. The average Bonchev–Trinajstić information content (AvgIpc) is 2.88. The van der Waals surface area contributed by atoms with Gasteiger partial charge in [0.2, 0.25) is 0 Å². The van der Waals surface area contributed by atoms with E-state index in [-0.39, 0.29) is 6.04 Å². The van der Waals surface area contributed by atoms with Crippen molar-refractivity contribution in [2.75, 3.05) is 6.54 Å². The lowest BCUT2D eigenvalue weighted by molar-refractivity contribution is 0.579. The van der Waals surface area contributed by atoms with Crippen molar-refractivity contribution >= 4 is 11.3 Å². The molecule has 1 aromatic heterocycles. The summed E-state index contributed by atoms with van der Waals surface area (Å²) < 4.78 is 0. The molecule has 3 N–H and O–H groups in total. The number of hydrogen-bond acceptors (Lipinski definition) is 4. The molecule has 2 rings (SSSR count). The van der Waals surface area contributed by atoms with Gasteiger partial charge in [0.05, 0.1) is 0 Å². The summed E-state index contributed by atoms with van der Waals surface area (Å²) in [6.07, 6.45) is 2.77. The van der Waals surface area contributed by atoms with Crippen LogP contribution in [-0.2, 0) is 6.54 Å². The first-order valence-corrected chi connectivity index (χ1v) is 6.64. The molecule has 0 saturated carbocycles. The topological polar surface area (TPSA) is 50.9 Å². The summed E-state index contributed by atoms with van der Waals surface area (Å²) >= 11 is 1.67. The maximum absolute atomic E-state index is 6.10. The van der Waals surface area contributed by atoms with E-state index < -0.39 is 0 Å². The van der Waals surface area contributed by atoms with Crippen LogP contribution in [0.4, 0.5) is 0 Å². The first kappa shape index (κ1) is 12.2. The Balaban J connectivity index is 1.68. The highest BCUT2D eigenvalue weighted by molar-refractivity contribution is 7.09. The van der Waals surface area contributed by atoms with Gasteiger partial charge in [-0.25, -0.2) is 4.98 Å². The smallest absolute Gasteiger partial charge is 0.106 e. The number of benzene rings is 1. The molecule has 4 heteroatoms. The molecule has 17 heavy (non-hydrogen) atoms. The fraction of sp³-hybridized carbons (Fsp3) is 0.308. The van der Waals surface area contributed by atoms with E-state index in [2.05, 4.69) is 22.4 Å². The van der Waals surface area contributed by atoms with Crippen molar-refractivity contribution in [3.63, 3.8) is 0 Å². The molecule has 3 nitrogen and oxygen atoms in total. The van der Waals surface area contributed by atoms with Gasteiger partial charge in [-0.05, 0) is 18.5 Å². The second-order valence-electron chi connectivity index (χ2n) is 3.91. The van der Waals surface area contributed by atoms with E-state index in [4.69, 9.17) is 5.73 Å². The summed E-state index contributed by atoms with van der Waals surface area (Å²) in [5, 5.41) is 6.47. The van der Waals surface area contributed by atoms with E-state index in [1.165, 1.54) is 5.56 Å². The van der Waals surface area contributed by atoms with Gasteiger partial charge in [-0.3, -0.25) is 0 Å². The van der Waals surface area contributed by atoms with Crippen molar-refractivity contribution in [2.45, 2.75) is 19.0 Å². The number of aromatic nitrogens is 1. The molecule has 0 radical (unpaired) electrons. The molecule has 1 aromatic carbocycles. The molecule has 0 bridgehead atoms. The van der Waals surface area contributed by atoms with Crippen LogP contribution in [0.15, 0.2) is 41.9 Å². The highest BCUT2D eigenvalue weighted by Gasteiger charge is 2.04. The Kier molecular flexibility index (Phi) is 4.67. The minimum atomic E-state index is 0.111. The number of rotatable bonds is 6. The second-order valence-corrected chi connectivity index (χ2v) is 4.89. The first-order valence-electron chi connectivity index (χ1n) is 5.76. The van der Waals surface area contributed by atoms with Crippen LogP contribution in [0.3, 0.4) is 0 Å². The van der Waals surface area contributed by atoms with Gasteiger partial charge in [0.1, 0.15) is 5.01 Å². The zero-order chi connectivity index (χ0) is 11.9. The van der Waals surface area contributed by atoms with Crippen molar-refractivity contribution < 1.29 is 0 Å². The quantitative estimate of drug-likeness (QED) is 0.770. The molecule has 1 heterocycles. The van der Waals surface area contributed by atoms with Gasteiger partial charge in [-0.15, -0.1) is 11.3 Å². The summed E-state index contributed by atoms with van der Waals surface area (Å²) in [5.41, 5.74) is 7.30. The van der Waals surface area contributed by atoms with Crippen LogP contribution in [0.1, 0.15) is 23.0 Å². The Hall–Kier alpha value is -1.23. The minimum Gasteiger partial charge on any atom is -0.324 e. The fourth-order valence-electron chi connectivity index (χ4n) is 1.66. The lowest BCUT2D eigenvalue weighted by atomic mass is 10.1. The maximum Gasteiger partial charge on any atom is 0.106 e. The van der Waals surface area contributed by atoms with Gasteiger partial charge in [-0.1, -0.05) is 30.3 Å². The van der Waals surface area contributed by atoms with Crippen LogP contribution < -0.4 is 11.1 Å². The summed E-state index contributed by atoms with van der Waals surface area (Å²) in [6.45, 7) is 1.74. The zero-order valence-corrected chi connectivity index (χ0v) is 10.5. The van der Waals surface area contributed by atoms with Gasteiger partial charge >= 0.3 is 0 Å². The highest BCUT2D eigenvalue weighted by atomic mass is 32.1. The molecule has 1 unspecified atom stereocenters. The normalized spacial score (nSPS) is 12.5. The largest absolute Gasteiger partial charge is 0.324 e. The van der Waals surface area contributed by atoms with E-state index in [0.29, 0.717) is 0 Å². The molecular formula is C13H17N3S. The van der Waals surface area contributed by atoms with E-state index >= 15 is 0 Å². The van der Waals surface area contributed by atoms with Crippen LogP contribution in [0.5, 0.6) is 0 Å². The summed E-state index contributed by atoms with van der Waals surface area (Å²) in [6, 6.07) is 10.3. The number of nitrogens with two attached hydrogens (primary N) is 1. The van der Waals surface area contributed by atoms with E-state index in [9.17, 15) is 0 Å². The number of hydrogen-bond donors (Lipinski definition) is 2. The van der Waals surface area contributed by atoms with Crippen molar-refractivity contribution in [3.05, 3.63) is 52.5 Å². The third-order valence-electron chi connectivity index (χ3n) is 2.62. The number of thiazole rings is 1. The van der Waals surface area contributed by atoms with Crippen molar-refractivity contribution in [1.29, 1.82) is 0 Å². The van der Waals surface area contributed by atoms with E-state index in [1.54, 1.807) is 11.3 Å². The highest BCUT2D eigenvalue weighted by Crippen LogP contribution is 2.12. The molecule has 0 saturated heterocycles. The molecule has 0 amide bonds. The molecule has 1 atom stereocenters. The molecular weight excluding hydrogens is 230 g/mol. The van der Waals surface area contributed by atoms with Gasteiger partial charge in [0, 0.05) is 24.2 Å². The van der Waals surface area contributed by atoms with Gasteiger partial charge < -0.3 is 11.1 Å². The Morgan fingerprint density at radius 3 is 2.82 bits per heavy atom. The Morgan fingerprint density at radius 1 is 1.29 bits per heavy atom. The van der Waals surface area contributed by atoms with Crippen molar-refractivity contribution in [1.82, 2.24) is 10.3 Å². The Bertz CT molecular complexity index is 413. The van der Waals surface area contributed by atoms with Gasteiger partial charge in [0.15, 0.2) is 0 Å². The minimum absolute atomic E-state index is 0.111. The van der Waals surface area contributed by atoms with E-state index in [0.717, 1.165) is 24.5 Å². The Labute approximate surface area is 106 Å². The van der Waals surface area contributed by atoms with Crippen LogP contribution in [0, 0.1) is 0 Å². The predicted molar refractivity (Wildman–Crippen MR) is 71.8 cm³/mol. The number of nitrogens with zero attached hydrogens (tertiary/aromatic N) is 1. The summed E-state index contributed by atoms with van der Waals surface area (Å²) in [5.74, 6) is 0. The lowest BCUT2D eigenvalue weighted by Crippen LogP contribution is -2.20. The predicted octanol–water partition coefficient (Wildman–Crippen LogP) is 2.32. The first-order chi connectivity index (χ1) is 8.36. The van der Waals surface area contributed by atoms with Crippen molar-refractivity contribution in [3.8, 4) is 0 Å². The SMILES string of the molecule is NC(CCNCc1nccs1)c1ccccc1. The van der Waals surface area contributed by atoms with Crippen molar-refractivity contribution in [2.24, 2.45) is 5.73 Å². The number of nitrogens with one attached hydrogen (secondary N) is 1. The monoisotopic (exact) mass is 247 g/mol. The van der Waals surface area contributed by atoms with Crippen LogP contribution in [0.25, 0.3) is 0 Å². The van der Waals surface area contributed by atoms with E-state index in [1.807, 2.05) is 29.8 Å². The molecule has 0 aliphatic rings. The molecule has 2 aromatic rings. The van der Waals surface area contributed by atoms with Gasteiger partial charge in [0.25, 0.3) is 0 Å². The molecule has 0 aliphatic heterocycles. The lowest BCUT2D eigenvalue weighted by Gasteiger charge is -2.11.